The molecule has 0 aliphatic heterocycles. The van der Waals surface area contributed by atoms with Crippen LogP contribution in [0.5, 0.6) is 11.5 Å². The zero-order valence-corrected chi connectivity index (χ0v) is 16.0. The fourth-order valence-electron chi connectivity index (χ4n) is 2.44. The van der Waals surface area contributed by atoms with Crippen LogP contribution in [0.3, 0.4) is 0 Å². The Labute approximate surface area is 162 Å². The zero-order valence-electron chi connectivity index (χ0n) is 16.0. The summed E-state index contributed by atoms with van der Waals surface area (Å²) >= 11 is 0. The summed E-state index contributed by atoms with van der Waals surface area (Å²) in [5.41, 5.74) is -0.670. The number of nitrogens with zero attached hydrogens (tertiary/aromatic N) is 1. The first kappa shape index (κ1) is 21.6. The van der Waals surface area contributed by atoms with Crippen molar-refractivity contribution in [1.29, 1.82) is 0 Å². The molecule has 0 aliphatic carbocycles. The molecule has 0 heterocycles. The predicted molar refractivity (Wildman–Crippen MR) is 101 cm³/mol. The highest BCUT2D eigenvalue weighted by Crippen LogP contribution is 2.32. The fraction of sp³-hybridized carbons (Fsp3) is 0.350. The first-order valence-corrected chi connectivity index (χ1v) is 8.74. The van der Waals surface area contributed by atoms with E-state index in [4.69, 9.17) is 9.47 Å². The number of benzene rings is 2. The number of carbonyl (C=O) groups excluding carboxylic acids is 1. The van der Waals surface area contributed by atoms with Crippen LogP contribution >= 0.6 is 0 Å². The van der Waals surface area contributed by atoms with Gasteiger partial charge in [-0.15, -0.1) is 0 Å². The molecule has 0 aromatic heterocycles. The van der Waals surface area contributed by atoms with E-state index in [0.717, 1.165) is 12.1 Å². The van der Waals surface area contributed by atoms with E-state index in [1.807, 2.05) is 19.0 Å². The summed E-state index contributed by atoms with van der Waals surface area (Å²) < 4.78 is 49.9. The van der Waals surface area contributed by atoms with Crippen molar-refractivity contribution in [1.82, 2.24) is 4.90 Å². The second-order valence-corrected chi connectivity index (χ2v) is 6.25. The van der Waals surface area contributed by atoms with E-state index in [2.05, 4.69) is 5.32 Å². The Morgan fingerprint density at radius 1 is 1.07 bits per heavy atom. The number of amides is 1. The van der Waals surface area contributed by atoms with Crippen LogP contribution in [0.1, 0.15) is 22.8 Å². The fourth-order valence-corrected chi connectivity index (χ4v) is 2.44. The molecule has 5 nitrogen and oxygen atoms in total. The largest absolute Gasteiger partial charge is 0.493 e. The third-order valence-corrected chi connectivity index (χ3v) is 3.76. The molecule has 0 spiro atoms. The molecule has 1 amide bonds. The molecule has 0 saturated heterocycles. The van der Waals surface area contributed by atoms with Crippen LogP contribution in [0.25, 0.3) is 0 Å². The summed E-state index contributed by atoms with van der Waals surface area (Å²) in [6, 6.07) is 9.39. The SMILES string of the molecule is CCOc1cccc(OCCN(C)C)c1C(=O)Nc1cccc(C(F)(F)F)c1. The van der Waals surface area contributed by atoms with E-state index in [1.54, 1.807) is 25.1 Å². The topological polar surface area (TPSA) is 50.8 Å². The summed E-state index contributed by atoms with van der Waals surface area (Å²) in [6.07, 6.45) is -4.50. The Kier molecular flexibility index (Phi) is 7.28. The van der Waals surface area contributed by atoms with Gasteiger partial charge in [0, 0.05) is 12.2 Å². The average Bonchev–Trinajstić information content (AvgIpc) is 2.61. The van der Waals surface area contributed by atoms with E-state index >= 15 is 0 Å². The Morgan fingerprint density at radius 2 is 1.71 bits per heavy atom. The number of hydrogen-bond acceptors (Lipinski definition) is 4. The Balaban J connectivity index is 2.30. The van der Waals surface area contributed by atoms with Crippen molar-refractivity contribution in [3.8, 4) is 11.5 Å². The highest BCUT2D eigenvalue weighted by molar-refractivity contribution is 6.08. The van der Waals surface area contributed by atoms with Crippen molar-refractivity contribution in [2.75, 3.05) is 39.2 Å². The zero-order chi connectivity index (χ0) is 20.7. The number of halogens is 3. The van der Waals surface area contributed by atoms with Gasteiger partial charge in [0.1, 0.15) is 23.7 Å². The number of carbonyl (C=O) groups is 1. The first-order chi connectivity index (χ1) is 13.2. The quantitative estimate of drug-likeness (QED) is 0.723. The molecule has 8 heteroatoms. The third kappa shape index (κ3) is 5.88. The standard InChI is InChI=1S/C20H23F3N2O3/c1-4-27-16-9-6-10-17(28-12-11-25(2)3)18(16)19(26)24-15-8-5-7-14(13-15)20(21,22)23/h5-10,13H,4,11-12H2,1-3H3,(H,24,26). The molecule has 0 bridgehead atoms. The number of hydrogen-bond donors (Lipinski definition) is 1. The second kappa shape index (κ2) is 9.45. The number of ether oxygens (including phenoxy) is 2. The van der Waals surface area contributed by atoms with Crippen molar-refractivity contribution in [2.45, 2.75) is 13.1 Å². The predicted octanol–water partition coefficient (Wildman–Crippen LogP) is 4.30. The van der Waals surface area contributed by atoms with Gasteiger partial charge in [0.25, 0.3) is 5.91 Å². The van der Waals surface area contributed by atoms with Crippen LogP contribution in [0.15, 0.2) is 42.5 Å². The number of nitrogens with one attached hydrogen (secondary N) is 1. The van der Waals surface area contributed by atoms with Gasteiger partial charge in [0.05, 0.1) is 12.2 Å². The maximum atomic E-state index is 12.9. The molecule has 2 rings (SSSR count). The van der Waals surface area contributed by atoms with Crippen molar-refractivity contribution in [3.63, 3.8) is 0 Å². The summed E-state index contributed by atoms with van der Waals surface area (Å²) in [5, 5.41) is 2.50. The molecule has 0 atom stereocenters. The maximum Gasteiger partial charge on any atom is 0.416 e. The molecule has 2 aromatic carbocycles. The van der Waals surface area contributed by atoms with Crippen molar-refractivity contribution in [3.05, 3.63) is 53.6 Å². The van der Waals surface area contributed by atoms with Gasteiger partial charge in [-0.25, -0.2) is 0 Å². The minimum Gasteiger partial charge on any atom is -0.493 e. The van der Waals surface area contributed by atoms with Gasteiger partial charge < -0.3 is 19.7 Å². The number of rotatable bonds is 8. The highest BCUT2D eigenvalue weighted by atomic mass is 19.4. The minimum absolute atomic E-state index is 0.0327. The molecule has 152 valence electrons. The molecule has 0 unspecified atom stereocenters. The van der Waals surface area contributed by atoms with Gasteiger partial charge in [-0.1, -0.05) is 12.1 Å². The maximum absolute atomic E-state index is 12.9. The number of likely N-dealkylation sites (N-methyl/N-ethyl adjacent to an activating group) is 1. The Bertz CT molecular complexity index is 808. The Morgan fingerprint density at radius 3 is 2.32 bits per heavy atom. The lowest BCUT2D eigenvalue weighted by molar-refractivity contribution is -0.137. The lowest BCUT2D eigenvalue weighted by Crippen LogP contribution is -2.21. The summed E-state index contributed by atoms with van der Waals surface area (Å²) in [4.78, 5) is 14.8. The van der Waals surface area contributed by atoms with Crippen molar-refractivity contribution in [2.24, 2.45) is 0 Å². The molecule has 0 aliphatic rings. The van der Waals surface area contributed by atoms with Gasteiger partial charge in [0.2, 0.25) is 0 Å². The van der Waals surface area contributed by atoms with E-state index < -0.39 is 17.6 Å². The van der Waals surface area contributed by atoms with Crippen LogP contribution in [0, 0.1) is 0 Å². The summed E-state index contributed by atoms with van der Waals surface area (Å²) in [6.45, 7) is 3.07. The lowest BCUT2D eigenvalue weighted by Gasteiger charge is -2.17. The molecular formula is C20H23F3N2O3. The molecule has 0 saturated carbocycles. The van der Waals surface area contributed by atoms with Crippen LogP contribution in [-0.2, 0) is 6.18 Å². The summed E-state index contributed by atoms with van der Waals surface area (Å²) in [7, 11) is 3.78. The van der Waals surface area contributed by atoms with E-state index in [1.165, 1.54) is 12.1 Å². The van der Waals surface area contributed by atoms with E-state index in [9.17, 15) is 18.0 Å². The van der Waals surface area contributed by atoms with Gasteiger partial charge in [-0.3, -0.25) is 4.79 Å². The van der Waals surface area contributed by atoms with Gasteiger partial charge in [-0.05, 0) is 51.4 Å². The van der Waals surface area contributed by atoms with Gasteiger partial charge in [-0.2, -0.15) is 13.2 Å². The average molecular weight is 396 g/mol. The van der Waals surface area contributed by atoms with E-state index in [-0.39, 0.29) is 11.3 Å². The normalized spacial score (nSPS) is 11.4. The van der Waals surface area contributed by atoms with Crippen LogP contribution in [0.4, 0.5) is 18.9 Å². The highest BCUT2D eigenvalue weighted by Gasteiger charge is 2.30. The second-order valence-electron chi connectivity index (χ2n) is 6.25. The molecule has 2 aromatic rings. The minimum atomic E-state index is -4.50. The molecule has 1 N–H and O–H groups in total. The number of alkyl halides is 3. The van der Waals surface area contributed by atoms with Crippen LogP contribution < -0.4 is 14.8 Å². The van der Waals surface area contributed by atoms with Crippen molar-refractivity contribution >= 4 is 11.6 Å². The monoisotopic (exact) mass is 396 g/mol. The molecule has 28 heavy (non-hydrogen) atoms. The molecular weight excluding hydrogens is 373 g/mol. The molecule has 0 radical (unpaired) electrons. The lowest BCUT2D eigenvalue weighted by atomic mass is 10.1. The van der Waals surface area contributed by atoms with Gasteiger partial charge in [0.15, 0.2) is 0 Å². The third-order valence-electron chi connectivity index (χ3n) is 3.76. The summed E-state index contributed by atoms with van der Waals surface area (Å²) in [5.74, 6) is -0.00478. The smallest absolute Gasteiger partial charge is 0.416 e. The van der Waals surface area contributed by atoms with Crippen LogP contribution in [0.2, 0.25) is 0 Å². The van der Waals surface area contributed by atoms with Crippen molar-refractivity contribution < 1.29 is 27.4 Å². The Hall–Kier alpha value is -2.74. The first-order valence-electron chi connectivity index (χ1n) is 8.74. The van der Waals surface area contributed by atoms with Gasteiger partial charge >= 0.3 is 6.18 Å². The van der Waals surface area contributed by atoms with Crippen LogP contribution in [-0.4, -0.2) is 44.7 Å². The number of anilines is 1. The van der Waals surface area contributed by atoms with E-state index in [0.29, 0.717) is 31.3 Å². The molecule has 0 fully saturated rings.